The van der Waals surface area contributed by atoms with Crippen LogP contribution in [0.3, 0.4) is 0 Å². The Morgan fingerprint density at radius 2 is 2.03 bits per heavy atom. The van der Waals surface area contributed by atoms with Crippen molar-refractivity contribution < 1.29 is 14.6 Å². The molecule has 2 aromatic rings. The number of methoxy groups -OCH3 is 1. The van der Waals surface area contributed by atoms with Crippen LogP contribution in [0.5, 0.6) is 0 Å². The number of hydrogen-bond donors (Lipinski definition) is 1. The lowest BCUT2D eigenvalue weighted by Gasteiger charge is -2.45. The van der Waals surface area contributed by atoms with Crippen LogP contribution in [0.2, 0.25) is 0 Å². The topological polar surface area (TPSA) is 67.6 Å². The summed E-state index contributed by atoms with van der Waals surface area (Å²) >= 11 is 0. The highest BCUT2D eigenvalue weighted by atomic mass is 16.5. The normalized spacial score (nSPS) is 34.6. The quantitative estimate of drug-likeness (QED) is 0.861. The predicted octanol–water partition coefficient (Wildman–Crippen LogP) is 3.13. The molecular formula is C23H31N3O3. The van der Waals surface area contributed by atoms with Gasteiger partial charge in [-0.25, -0.2) is 0 Å². The van der Waals surface area contributed by atoms with Crippen LogP contribution in [0.4, 0.5) is 0 Å². The predicted molar refractivity (Wildman–Crippen MR) is 110 cm³/mol. The van der Waals surface area contributed by atoms with Gasteiger partial charge in [0, 0.05) is 42.9 Å². The lowest BCUT2D eigenvalue weighted by molar-refractivity contribution is -0.149. The number of piperidine rings is 1. The van der Waals surface area contributed by atoms with E-state index in [1.165, 1.54) is 0 Å². The average molecular weight is 398 g/mol. The lowest BCUT2D eigenvalue weighted by Crippen LogP contribution is -2.56. The molecule has 1 N–H and O–H groups in total. The van der Waals surface area contributed by atoms with Crippen molar-refractivity contribution in [1.29, 1.82) is 0 Å². The van der Waals surface area contributed by atoms with Crippen LogP contribution in [-0.2, 0) is 16.1 Å². The number of aliphatic hydroxyl groups is 1. The van der Waals surface area contributed by atoms with E-state index in [1.807, 2.05) is 18.5 Å². The highest BCUT2D eigenvalue weighted by Gasteiger charge is 2.50. The molecule has 2 saturated heterocycles. The Balaban J connectivity index is 1.31. The largest absolute Gasteiger partial charge is 0.388 e. The Morgan fingerprint density at radius 1 is 1.24 bits per heavy atom. The van der Waals surface area contributed by atoms with Gasteiger partial charge in [-0.3, -0.25) is 9.78 Å². The number of ether oxygens (including phenoxy) is 1. The molecule has 2 aromatic heterocycles. The number of amides is 1. The van der Waals surface area contributed by atoms with E-state index in [0.29, 0.717) is 25.3 Å². The third-order valence-corrected chi connectivity index (χ3v) is 7.46. The van der Waals surface area contributed by atoms with E-state index in [9.17, 15) is 9.90 Å². The van der Waals surface area contributed by atoms with Crippen LogP contribution in [0.1, 0.15) is 51.4 Å². The molecular weight excluding hydrogens is 366 g/mol. The molecule has 156 valence electrons. The van der Waals surface area contributed by atoms with Crippen LogP contribution >= 0.6 is 0 Å². The zero-order valence-corrected chi connectivity index (χ0v) is 17.2. The highest BCUT2D eigenvalue weighted by molar-refractivity contribution is 5.80. The molecule has 1 aliphatic carbocycles. The van der Waals surface area contributed by atoms with E-state index in [0.717, 1.165) is 49.4 Å². The van der Waals surface area contributed by atoms with Crippen molar-refractivity contribution in [2.45, 2.75) is 81.7 Å². The van der Waals surface area contributed by atoms with E-state index < -0.39 is 5.60 Å². The van der Waals surface area contributed by atoms with Crippen molar-refractivity contribution in [3.8, 4) is 0 Å². The van der Waals surface area contributed by atoms with Crippen LogP contribution in [0, 0.1) is 5.92 Å². The van der Waals surface area contributed by atoms with E-state index in [4.69, 9.17) is 4.74 Å². The summed E-state index contributed by atoms with van der Waals surface area (Å²) in [6, 6.07) is 4.39. The Labute approximate surface area is 171 Å². The molecule has 29 heavy (non-hydrogen) atoms. The SMILES string of the molecule is CO[C@H]1CCC[C@H](C(=O)N2[C@H]3CC[C@H]2CC(O)(Cn2ccc4ccncc42)C3)C1. The van der Waals surface area contributed by atoms with Gasteiger partial charge in [-0.05, 0) is 57.1 Å². The van der Waals surface area contributed by atoms with Gasteiger partial charge in [0.2, 0.25) is 5.91 Å². The zero-order valence-electron chi connectivity index (χ0n) is 17.2. The smallest absolute Gasteiger partial charge is 0.226 e. The molecule has 0 aromatic carbocycles. The molecule has 0 unspecified atom stereocenters. The van der Waals surface area contributed by atoms with Gasteiger partial charge in [0.1, 0.15) is 0 Å². The third kappa shape index (κ3) is 3.46. The van der Waals surface area contributed by atoms with E-state index in [-0.39, 0.29) is 24.1 Å². The van der Waals surface area contributed by atoms with Gasteiger partial charge in [-0.2, -0.15) is 0 Å². The molecule has 2 bridgehead atoms. The number of nitrogens with zero attached hydrogens (tertiary/aromatic N) is 3. The van der Waals surface area contributed by atoms with Crippen molar-refractivity contribution in [2.75, 3.05) is 7.11 Å². The third-order valence-electron chi connectivity index (χ3n) is 7.46. The summed E-state index contributed by atoms with van der Waals surface area (Å²) in [5, 5.41) is 12.6. The van der Waals surface area contributed by atoms with Crippen molar-refractivity contribution in [1.82, 2.24) is 14.5 Å². The molecule has 1 saturated carbocycles. The number of carbonyl (C=O) groups excluding carboxylic acids is 1. The summed E-state index contributed by atoms with van der Waals surface area (Å²) < 4.78 is 7.65. The van der Waals surface area contributed by atoms with Gasteiger partial charge in [0.15, 0.2) is 0 Å². The Bertz CT molecular complexity index is 880. The van der Waals surface area contributed by atoms with E-state index >= 15 is 0 Å². The van der Waals surface area contributed by atoms with Crippen molar-refractivity contribution in [3.05, 3.63) is 30.7 Å². The van der Waals surface area contributed by atoms with Crippen LogP contribution in [0.15, 0.2) is 30.7 Å². The molecule has 2 aliphatic heterocycles. The molecule has 4 atom stereocenters. The fourth-order valence-corrected chi connectivity index (χ4v) is 6.09. The van der Waals surface area contributed by atoms with Gasteiger partial charge in [0.05, 0.1) is 30.0 Å². The molecule has 1 amide bonds. The maximum Gasteiger partial charge on any atom is 0.226 e. The Kier molecular flexibility index (Phi) is 4.87. The minimum absolute atomic E-state index is 0.0856. The average Bonchev–Trinajstić information content (AvgIpc) is 3.26. The van der Waals surface area contributed by atoms with E-state index in [2.05, 4.69) is 20.5 Å². The number of fused-ring (bicyclic) bond motifs is 3. The summed E-state index contributed by atoms with van der Waals surface area (Å²) in [5.41, 5.74) is 0.283. The van der Waals surface area contributed by atoms with Gasteiger partial charge < -0.3 is 19.3 Å². The van der Waals surface area contributed by atoms with Gasteiger partial charge in [0.25, 0.3) is 0 Å². The fraction of sp³-hybridized carbons (Fsp3) is 0.652. The second-order valence-electron chi connectivity index (χ2n) is 9.36. The molecule has 4 heterocycles. The summed E-state index contributed by atoms with van der Waals surface area (Å²) in [6.07, 6.45) is 13.2. The molecule has 3 aliphatic rings. The number of aromatic nitrogens is 2. The molecule has 0 radical (unpaired) electrons. The maximum absolute atomic E-state index is 13.4. The number of hydrogen-bond acceptors (Lipinski definition) is 4. The minimum Gasteiger partial charge on any atom is -0.388 e. The number of carbonyl (C=O) groups is 1. The van der Waals surface area contributed by atoms with Crippen LogP contribution < -0.4 is 0 Å². The number of pyridine rings is 1. The van der Waals surface area contributed by atoms with E-state index in [1.54, 1.807) is 13.3 Å². The molecule has 6 heteroatoms. The first-order chi connectivity index (χ1) is 14.1. The lowest BCUT2D eigenvalue weighted by atomic mass is 9.82. The second-order valence-corrected chi connectivity index (χ2v) is 9.36. The standard InChI is InChI=1S/C23H31N3O3/c1-29-20-4-2-3-17(11-20)22(27)26-18-5-6-19(26)13-23(28,12-18)15-25-10-8-16-7-9-24-14-21(16)25/h7-10,14,17-20,28H,2-6,11-13,15H2,1H3/t17-,18-,19-,20-/m0/s1. The molecule has 6 nitrogen and oxygen atoms in total. The summed E-state index contributed by atoms with van der Waals surface area (Å²) in [4.78, 5) is 19.7. The zero-order chi connectivity index (χ0) is 20.0. The van der Waals surface area contributed by atoms with Crippen LogP contribution in [0.25, 0.3) is 10.9 Å². The monoisotopic (exact) mass is 397 g/mol. The first-order valence-electron chi connectivity index (χ1n) is 11.0. The van der Waals surface area contributed by atoms with Crippen molar-refractivity contribution >= 4 is 16.8 Å². The summed E-state index contributed by atoms with van der Waals surface area (Å²) in [6.45, 7) is 0.562. The van der Waals surface area contributed by atoms with Crippen molar-refractivity contribution in [2.24, 2.45) is 5.92 Å². The highest BCUT2D eigenvalue weighted by Crippen LogP contribution is 2.43. The summed E-state index contributed by atoms with van der Waals surface area (Å²) in [5.74, 6) is 0.388. The van der Waals surface area contributed by atoms with Gasteiger partial charge >= 0.3 is 0 Å². The molecule has 3 fully saturated rings. The first-order valence-corrected chi connectivity index (χ1v) is 11.0. The Morgan fingerprint density at radius 3 is 2.79 bits per heavy atom. The van der Waals surface area contributed by atoms with Crippen molar-refractivity contribution in [3.63, 3.8) is 0 Å². The first kappa shape index (κ1) is 19.1. The van der Waals surface area contributed by atoms with Gasteiger partial charge in [-0.1, -0.05) is 6.42 Å². The minimum atomic E-state index is -0.772. The molecule has 0 spiro atoms. The maximum atomic E-state index is 13.4. The van der Waals surface area contributed by atoms with Crippen LogP contribution in [-0.4, -0.2) is 56.4 Å². The second kappa shape index (κ2) is 7.40. The number of rotatable bonds is 4. The molecule has 5 rings (SSSR count). The van der Waals surface area contributed by atoms with Gasteiger partial charge in [-0.15, -0.1) is 0 Å². The fourth-order valence-electron chi connectivity index (χ4n) is 6.09. The summed E-state index contributed by atoms with van der Waals surface area (Å²) in [7, 11) is 1.75. The Hall–Kier alpha value is -1.92.